The van der Waals surface area contributed by atoms with Gasteiger partial charge in [-0.1, -0.05) is 11.6 Å². The third-order valence-electron chi connectivity index (χ3n) is 3.29. The summed E-state index contributed by atoms with van der Waals surface area (Å²) >= 11 is 5.99. The van der Waals surface area contributed by atoms with E-state index in [2.05, 4.69) is 0 Å². The fourth-order valence-electron chi connectivity index (χ4n) is 2.22. The summed E-state index contributed by atoms with van der Waals surface area (Å²) in [6.45, 7) is 2.42. The summed E-state index contributed by atoms with van der Waals surface area (Å²) in [5.74, 6) is 0.859. The van der Waals surface area contributed by atoms with E-state index in [9.17, 15) is 4.79 Å². The molecule has 0 unspecified atom stereocenters. The number of rotatable bonds is 1. The van der Waals surface area contributed by atoms with E-state index in [-0.39, 0.29) is 5.91 Å². The Labute approximate surface area is 105 Å². The van der Waals surface area contributed by atoms with Crippen molar-refractivity contribution in [2.75, 3.05) is 0 Å². The minimum atomic E-state index is -0.405. The zero-order valence-electron chi connectivity index (χ0n) is 9.65. The highest BCUT2D eigenvalue weighted by atomic mass is 35.5. The molecule has 1 aromatic rings. The van der Waals surface area contributed by atoms with Crippen LogP contribution in [0, 0.1) is 0 Å². The molecule has 1 amide bonds. The Hall–Kier alpha value is -1.22. The maximum absolute atomic E-state index is 12.1. The minimum absolute atomic E-state index is 0.0832. The first-order chi connectivity index (χ1) is 8.15. The molecule has 0 bridgehead atoms. The van der Waals surface area contributed by atoms with Crippen molar-refractivity contribution in [3.63, 3.8) is 0 Å². The van der Waals surface area contributed by atoms with Crippen LogP contribution in [-0.4, -0.2) is 23.0 Å². The number of ether oxygens (including phenoxy) is 1. The molecule has 0 saturated heterocycles. The smallest absolute Gasteiger partial charge is 0.263 e. The van der Waals surface area contributed by atoms with Crippen LogP contribution in [0.3, 0.4) is 0 Å². The molecule has 4 heteroatoms. The van der Waals surface area contributed by atoms with Gasteiger partial charge in [0, 0.05) is 23.2 Å². The second kappa shape index (κ2) is 3.91. The average molecular weight is 252 g/mol. The van der Waals surface area contributed by atoms with Gasteiger partial charge < -0.3 is 9.64 Å². The quantitative estimate of drug-likeness (QED) is 0.768. The highest BCUT2D eigenvalue weighted by Gasteiger charge is 2.37. The predicted molar refractivity (Wildman–Crippen MR) is 65.1 cm³/mol. The Kier molecular flexibility index (Phi) is 2.51. The van der Waals surface area contributed by atoms with Crippen LogP contribution in [0.5, 0.6) is 5.75 Å². The lowest BCUT2D eigenvalue weighted by Gasteiger charge is -2.21. The molecule has 1 saturated carbocycles. The summed E-state index contributed by atoms with van der Waals surface area (Å²) in [6.07, 6.45) is 1.81. The van der Waals surface area contributed by atoms with Gasteiger partial charge in [-0.05, 0) is 38.0 Å². The molecule has 3 nitrogen and oxygen atoms in total. The summed E-state index contributed by atoms with van der Waals surface area (Å²) in [7, 11) is 0. The summed E-state index contributed by atoms with van der Waals surface area (Å²) < 4.78 is 5.68. The van der Waals surface area contributed by atoms with Crippen LogP contribution in [0.25, 0.3) is 0 Å². The van der Waals surface area contributed by atoms with Gasteiger partial charge in [0.05, 0.1) is 0 Å². The van der Waals surface area contributed by atoms with Crippen molar-refractivity contribution in [3.05, 3.63) is 28.8 Å². The lowest BCUT2D eigenvalue weighted by atomic mass is 10.2. The first-order valence-corrected chi connectivity index (χ1v) is 6.28. The van der Waals surface area contributed by atoms with Crippen LogP contribution in [0.1, 0.15) is 25.3 Å². The molecule has 0 spiro atoms. The number of hydrogen-bond donors (Lipinski definition) is 0. The highest BCUT2D eigenvalue weighted by molar-refractivity contribution is 6.30. The first-order valence-electron chi connectivity index (χ1n) is 5.91. The zero-order chi connectivity index (χ0) is 12.0. The van der Waals surface area contributed by atoms with Gasteiger partial charge in [-0.25, -0.2) is 0 Å². The van der Waals surface area contributed by atoms with Crippen LogP contribution in [-0.2, 0) is 11.3 Å². The van der Waals surface area contributed by atoms with Crippen molar-refractivity contribution in [3.8, 4) is 5.75 Å². The molecule has 1 aliphatic heterocycles. The van der Waals surface area contributed by atoms with E-state index in [0.29, 0.717) is 17.6 Å². The van der Waals surface area contributed by atoms with E-state index in [1.54, 1.807) is 13.0 Å². The van der Waals surface area contributed by atoms with Crippen LogP contribution < -0.4 is 4.74 Å². The molecule has 3 rings (SSSR count). The standard InChI is InChI=1S/C13H14ClNO2/c1-8-13(16)15(11-3-4-11)7-9-6-10(14)2-5-12(9)17-8/h2,5-6,8,11H,3-4,7H2,1H3/t8-/m1/s1. The Morgan fingerprint density at radius 2 is 2.18 bits per heavy atom. The van der Waals surface area contributed by atoms with Crippen molar-refractivity contribution in [1.82, 2.24) is 4.90 Å². The molecule has 0 N–H and O–H groups in total. The zero-order valence-corrected chi connectivity index (χ0v) is 10.4. The third kappa shape index (κ3) is 2.00. The second-order valence-electron chi connectivity index (χ2n) is 4.71. The topological polar surface area (TPSA) is 29.5 Å². The summed E-state index contributed by atoms with van der Waals surface area (Å²) in [5, 5.41) is 0.685. The molecule has 1 heterocycles. The molecule has 1 fully saturated rings. The van der Waals surface area contributed by atoms with E-state index in [1.807, 2.05) is 17.0 Å². The van der Waals surface area contributed by atoms with Gasteiger partial charge in [-0.15, -0.1) is 0 Å². The molecule has 1 atom stereocenters. The van der Waals surface area contributed by atoms with Gasteiger partial charge in [0.1, 0.15) is 5.75 Å². The molecular formula is C13H14ClNO2. The number of nitrogens with zero attached hydrogens (tertiary/aromatic N) is 1. The fraction of sp³-hybridized carbons (Fsp3) is 0.462. The average Bonchev–Trinajstić information content (AvgIpc) is 3.11. The van der Waals surface area contributed by atoms with E-state index in [1.165, 1.54) is 0 Å². The second-order valence-corrected chi connectivity index (χ2v) is 5.15. The monoisotopic (exact) mass is 251 g/mol. The van der Waals surface area contributed by atoms with Gasteiger partial charge in [-0.2, -0.15) is 0 Å². The fourth-order valence-corrected chi connectivity index (χ4v) is 2.41. The predicted octanol–water partition coefficient (Wildman–Crippen LogP) is 2.61. The first kappa shape index (κ1) is 10.9. The van der Waals surface area contributed by atoms with Crippen LogP contribution in [0.2, 0.25) is 5.02 Å². The third-order valence-corrected chi connectivity index (χ3v) is 3.52. The molecule has 1 aromatic carbocycles. The van der Waals surface area contributed by atoms with E-state index < -0.39 is 6.10 Å². The number of amides is 1. The Morgan fingerprint density at radius 1 is 1.41 bits per heavy atom. The number of carbonyl (C=O) groups excluding carboxylic acids is 1. The number of benzene rings is 1. The van der Waals surface area contributed by atoms with Crippen molar-refractivity contribution >= 4 is 17.5 Å². The number of hydrogen-bond acceptors (Lipinski definition) is 2. The van der Waals surface area contributed by atoms with Crippen molar-refractivity contribution in [2.24, 2.45) is 0 Å². The van der Waals surface area contributed by atoms with Crippen molar-refractivity contribution < 1.29 is 9.53 Å². The van der Waals surface area contributed by atoms with Gasteiger partial charge in [0.25, 0.3) is 5.91 Å². The van der Waals surface area contributed by atoms with E-state index >= 15 is 0 Å². The molecule has 0 radical (unpaired) electrons. The molecule has 1 aliphatic carbocycles. The molecular weight excluding hydrogens is 238 g/mol. The molecule has 2 aliphatic rings. The maximum Gasteiger partial charge on any atom is 0.263 e. The maximum atomic E-state index is 12.1. The Balaban J connectivity index is 1.99. The lowest BCUT2D eigenvalue weighted by Crippen LogP contribution is -2.39. The van der Waals surface area contributed by atoms with Gasteiger partial charge in [0.15, 0.2) is 6.10 Å². The molecule has 17 heavy (non-hydrogen) atoms. The molecule has 0 aromatic heterocycles. The summed E-state index contributed by atoms with van der Waals surface area (Å²) in [4.78, 5) is 14.1. The molecule has 90 valence electrons. The van der Waals surface area contributed by atoms with Crippen molar-refractivity contribution in [2.45, 2.75) is 38.5 Å². The SMILES string of the molecule is C[C@H]1Oc2ccc(Cl)cc2CN(C2CC2)C1=O. The van der Waals surface area contributed by atoms with Gasteiger partial charge in [-0.3, -0.25) is 4.79 Å². The van der Waals surface area contributed by atoms with Crippen molar-refractivity contribution in [1.29, 1.82) is 0 Å². The van der Waals surface area contributed by atoms with Gasteiger partial charge in [0.2, 0.25) is 0 Å². The normalized spacial score (nSPS) is 24.0. The number of carbonyl (C=O) groups is 1. The highest BCUT2D eigenvalue weighted by Crippen LogP contribution is 2.34. The Bertz CT molecular complexity index is 470. The largest absolute Gasteiger partial charge is 0.481 e. The minimum Gasteiger partial charge on any atom is -0.481 e. The van der Waals surface area contributed by atoms with E-state index in [4.69, 9.17) is 16.3 Å². The number of fused-ring (bicyclic) bond motifs is 1. The Morgan fingerprint density at radius 3 is 2.88 bits per heavy atom. The van der Waals surface area contributed by atoms with E-state index in [0.717, 1.165) is 24.2 Å². The summed E-state index contributed by atoms with van der Waals surface area (Å²) in [5.41, 5.74) is 1.00. The summed E-state index contributed by atoms with van der Waals surface area (Å²) in [6, 6.07) is 5.93. The van der Waals surface area contributed by atoms with Crippen LogP contribution >= 0.6 is 11.6 Å². The van der Waals surface area contributed by atoms with Gasteiger partial charge >= 0.3 is 0 Å². The number of halogens is 1. The van der Waals surface area contributed by atoms with Crippen LogP contribution in [0.15, 0.2) is 18.2 Å². The lowest BCUT2D eigenvalue weighted by molar-refractivity contribution is -0.138. The van der Waals surface area contributed by atoms with Crippen LogP contribution in [0.4, 0.5) is 0 Å².